The average Bonchev–Trinajstić information content (AvgIpc) is 3.29. The van der Waals surface area contributed by atoms with Crippen LogP contribution in [0.5, 0.6) is 0 Å². The van der Waals surface area contributed by atoms with Crippen LogP contribution in [-0.2, 0) is 14.4 Å². The molecule has 0 aromatic rings. The summed E-state index contributed by atoms with van der Waals surface area (Å²) < 4.78 is 0. The molecule has 38 heavy (non-hydrogen) atoms. The molecule has 6 aliphatic rings. The summed E-state index contributed by atoms with van der Waals surface area (Å²) in [5.74, 6) is 0.774. The first-order valence-corrected chi connectivity index (χ1v) is 15.0. The topological polar surface area (TPSA) is 78.2 Å². The number of fused-ring (bicyclic) bond motifs is 7. The van der Waals surface area contributed by atoms with Gasteiger partial charge < -0.3 is 4.90 Å². The molecular formula is C33H44N2O3. The van der Waals surface area contributed by atoms with Crippen LogP contribution in [0.1, 0.15) is 99.3 Å². The van der Waals surface area contributed by atoms with E-state index in [9.17, 15) is 19.6 Å². The van der Waals surface area contributed by atoms with Crippen LogP contribution in [0.3, 0.4) is 0 Å². The van der Waals surface area contributed by atoms with Crippen LogP contribution in [0.15, 0.2) is 23.3 Å². The molecule has 6 rings (SSSR count). The molecule has 0 aromatic carbocycles. The number of ketones is 2. The van der Waals surface area contributed by atoms with E-state index in [0.717, 1.165) is 63.5 Å². The molecule has 3 saturated carbocycles. The summed E-state index contributed by atoms with van der Waals surface area (Å²) in [4.78, 5) is 42.4. The number of likely N-dealkylation sites (tertiary alicyclic amines) is 1. The van der Waals surface area contributed by atoms with Gasteiger partial charge in [0.25, 0.3) is 0 Å². The number of allylic oxidation sites excluding steroid dienone is 4. The molecule has 8 atom stereocenters. The number of hydrogen-bond donors (Lipinski definition) is 0. The van der Waals surface area contributed by atoms with E-state index in [2.05, 4.69) is 38.7 Å². The van der Waals surface area contributed by atoms with E-state index >= 15 is 0 Å². The highest BCUT2D eigenvalue weighted by Gasteiger charge is 2.69. The normalized spacial score (nSPS) is 47.7. The molecular weight excluding hydrogens is 472 g/mol. The van der Waals surface area contributed by atoms with Crippen LogP contribution in [0, 0.1) is 56.2 Å². The van der Waals surface area contributed by atoms with Gasteiger partial charge in [0.05, 0.1) is 5.57 Å². The minimum absolute atomic E-state index is 0.0479. The Labute approximate surface area is 228 Å². The van der Waals surface area contributed by atoms with Gasteiger partial charge in [0.2, 0.25) is 5.91 Å². The molecule has 0 spiro atoms. The second-order valence-electron chi connectivity index (χ2n) is 15.2. The van der Waals surface area contributed by atoms with Crippen molar-refractivity contribution in [2.45, 2.75) is 105 Å². The first-order chi connectivity index (χ1) is 17.7. The van der Waals surface area contributed by atoms with Gasteiger partial charge in [0.15, 0.2) is 11.6 Å². The number of carbonyl (C=O) groups is 3. The highest BCUT2D eigenvalue weighted by atomic mass is 16.2. The summed E-state index contributed by atoms with van der Waals surface area (Å²) >= 11 is 0. The molecule has 0 N–H and O–H groups in total. The second kappa shape index (κ2) is 7.92. The van der Waals surface area contributed by atoms with Crippen LogP contribution < -0.4 is 0 Å². The van der Waals surface area contributed by atoms with Gasteiger partial charge in [-0.1, -0.05) is 53.2 Å². The predicted octanol–water partition coefficient (Wildman–Crippen LogP) is 6.19. The molecule has 0 radical (unpaired) electrons. The van der Waals surface area contributed by atoms with Crippen molar-refractivity contribution in [3.8, 4) is 6.07 Å². The van der Waals surface area contributed by atoms with Crippen molar-refractivity contribution in [2.24, 2.45) is 44.8 Å². The van der Waals surface area contributed by atoms with Crippen molar-refractivity contribution >= 4 is 17.5 Å². The van der Waals surface area contributed by atoms with Crippen LogP contribution in [-0.4, -0.2) is 35.0 Å². The van der Waals surface area contributed by atoms with Crippen LogP contribution in [0.4, 0.5) is 0 Å². The minimum atomic E-state index is -0.637. The zero-order valence-electron chi connectivity index (χ0n) is 24.2. The third-order valence-electron chi connectivity index (χ3n) is 13.3. The molecule has 1 saturated heterocycles. The Morgan fingerprint density at radius 2 is 1.71 bits per heavy atom. The van der Waals surface area contributed by atoms with Gasteiger partial charge in [0, 0.05) is 35.8 Å². The SMILES string of the molecule is CC12CCC(N3CCCC3=O)CC1C1C(=O)C=C3C4(C)C=C(C#N)C(=O)C(C)(C)C4CCC3(C)[C@]1(C)CC2. The summed E-state index contributed by atoms with van der Waals surface area (Å²) in [6.07, 6.45) is 12.6. The average molecular weight is 517 g/mol. The van der Waals surface area contributed by atoms with E-state index in [1.54, 1.807) is 0 Å². The molecule has 0 aromatic heterocycles. The highest BCUT2D eigenvalue weighted by molar-refractivity contribution is 6.04. The fourth-order valence-electron chi connectivity index (χ4n) is 10.9. The molecule has 1 heterocycles. The Morgan fingerprint density at radius 3 is 2.37 bits per heavy atom. The van der Waals surface area contributed by atoms with E-state index < -0.39 is 10.8 Å². The number of Topliss-reactive ketones (excluding diaryl/α,β-unsaturated/α-hetero) is 1. The summed E-state index contributed by atoms with van der Waals surface area (Å²) in [5.41, 5.74) is 0.0506. The smallest absolute Gasteiger partial charge is 0.222 e. The standard InChI is InChI=1S/C33H44N2O3/c1-29(2)24-10-12-32(5)25(31(24,4)18-20(19-34)28(29)38)17-23(36)27-22-16-21(35-15-7-8-26(35)37)9-11-30(22,3)13-14-33(27,32)6/h17-18,21-22,24,27H,7-16H2,1-6H3/t21?,22?,24?,27?,30?,31?,32?,33-/m1/s1. The van der Waals surface area contributed by atoms with Crippen LogP contribution in [0.25, 0.3) is 0 Å². The van der Waals surface area contributed by atoms with Gasteiger partial charge in [0.1, 0.15) is 6.07 Å². The van der Waals surface area contributed by atoms with Crippen molar-refractivity contribution in [1.29, 1.82) is 5.26 Å². The maximum Gasteiger partial charge on any atom is 0.222 e. The monoisotopic (exact) mass is 516 g/mol. The molecule has 204 valence electrons. The quantitative estimate of drug-likeness (QED) is 0.416. The van der Waals surface area contributed by atoms with E-state index in [1.165, 1.54) is 0 Å². The van der Waals surface area contributed by atoms with E-state index in [1.807, 2.05) is 26.0 Å². The molecule has 4 fully saturated rings. The number of carbonyl (C=O) groups excluding carboxylic acids is 3. The molecule has 7 unspecified atom stereocenters. The predicted molar refractivity (Wildman–Crippen MR) is 146 cm³/mol. The lowest BCUT2D eigenvalue weighted by atomic mass is 9.35. The Bertz CT molecular complexity index is 1240. The van der Waals surface area contributed by atoms with Gasteiger partial charge >= 0.3 is 0 Å². The maximum absolute atomic E-state index is 14.4. The van der Waals surface area contributed by atoms with Gasteiger partial charge in [-0.25, -0.2) is 0 Å². The lowest BCUT2D eigenvalue weighted by molar-refractivity contribution is -0.166. The third-order valence-corrected chi connectivity index (χ3v) is 13.3. The van der Waals surface area contributed by atoms with Gasteiger partial charge in [-0.15, -0.1) is 0 Å². The maximum atomic E-state index is 14.4. The first-order valence-electron chi connectivity index (χ1n) is 15.0. The first kappa shape index (κ1) is 26.0. The third kappa shape index (κ3) is 3.07. The van der Waals surface area contributed by atoms with Gasteiger partial charge in [-0.3, -0.25) is 14.4 Å². The Kier molecular flexibility index (Phi) is 5.43. The Balaban J connectivity index is 1.45. The molecule has 1 aliphatic heterocycles. The number of nitrogens with zero attached hydrogens (tertiary/aromatic N) is 2. The summed E-state index contributed by atoms with van der Waals surface area (Å²) in [6, 6.07) is 2.46. The molecule has 5 nitrogen and oxygen atoms in total. The van der Waals surface area contributed by atoms with Gasteiger partial charge in [-0.2, -0.15) is 5.26 Å². The Morgan fingerprint density at radius 1 is 0.974 bits per heavy atom. The van der Waals surface area contributed by atoms with Crippen molar-refractivity contribution in [3.63, 3.8) is 0 Å². The minimum Gasteiger partial charge on any atom is -0.340 e. The zero-order chi connectivity index (χ0) is 27.5. The van der Waals surface area contributed by atoms with E-state index in [-0.39, 0.29) is 57.2 Å². The molecule has 5 aliphatic carbocycles. The number of rotatable bonds is 1. The fraction of sp³-hybridized carbons (Fsp3) is 0.758. The largest absolute Gasteiger partial charge is 0.340 e. The van der Waals surface area contributed by atoms with Crippen LogP contribution in [0.2, 0.25) is 0 Å². The molecule has 1 amide bonds. The van der Waals surface area contributed by atoms with E-state index in [4.69, 9.17) is 0 Å². The zero-order valence-corrected chi connectivity index (χ0v) is 24.2. The summed E-state index contributed by atoms with van der Waals surface area (Å²) in [6.45, 7) is 14.2. The highest BCUT2D eigenvalue weighted by Crippen LogP contribution is 2.73. The number of hydrogen-bond acceptors (Lipinski definition) is 4. The summed E-state index contributed by atoms with van der Waals surface area (Å²) in [5, 5.41) is 9.89. The second-order valence-corrected chi connectivity index (χ2v) is 15.2. The molecule has 0 bridgehead atoms. The molecule has 5 heteroatoms. The lowest BCUT2D eigenvalue weighted by Gasteiger charge is -2.68. The Hall–Kier alpha value is -2.22. The lowest BCUT2D eigenvalue weighted by Crippen LogP contribution is -2.64. The summed E-state index contributed by atoms with van der Waals surface area (Å²) in [7, 11) is 0. The van der Waals surface area contributed by atoms with E-state index in [0.29, 0.717) is 12.3 Å². The fourth-order valence-corrected chi connectivity index (χ4v) is 10.9. The van der Waals surface area contributed by atoms with Crippen molar-refractivity contribution in [3.05, 3.63) is 23.3 Å². The number of nitriles is 1. The van der Waals surface area contributed by atoms with Crippen molar-refractivity contribution in [1.82, 2.24) is 4.90 Å². The van der Waals surface area contributed by atoms with Crippen LogP contribution >= 0.6 is 0 Å². The van der Waals surface area contributed by atoms with Crippen molar-refractivity contribution in [2.75, 3.05) is 6.54 Å². The van der Waals surface area contributed by atoms with Gasteiger partial charge in [-0.05, 0) is 85.5 Å². The number of amides is 1. The van der Waals surface area contributed by atoms with Crippen molar-refractivity contribution < 1.29 is 14.4 Å².